The number of carbonyl (C=O) groups is 3. The molecule has 1 aromatic carbocycles. The van der Waals surface area contributed by atoms with E-state index in [0.29, 0.717) is 11.1 Å². The number of nitrogens with one attached hydrogen (secondary N) is 2. The molecule has 0 aliphatic rings. The highest BCUT2D eigenvalue weighted by atomic mass is 35.5. The number of nitrogens with zero attached hydrogens (tertiary/aromatic N) is 5. The molecule has 0 spiro atoms. The molecule has 0 atom stereocenters. The van der Waals surface area contributed by atoms with Crippen molar-refractivity contribution in [1.82, 2.24) is 25.2 Å². The van der Waals surface area contributed by atoms with Crippen LogP contribution in [0.25, 0.3) is 5.82 Å². The lowest BCUT2D eigenvalue weighted by atomic mass is 10.0. The minimum Gasteiger partial charge on any atom is -0.471 e. The summed E-state index contributed by atoms with van der Waals surface area (Å²) in [4.78, 5) is 47.3. The average Bonchev–Trinajstić information content (AvgIpc) is 3.35. The summed E-state index contributed by atoms with van der Waals surface area (Å²) >= 11 is 6.24. The fraction of sp³-hybridized carbons (Fsp3) is 0.250. The van der Waals surface area contributed by atoms with Crippen molar-refractivity contribution in [3.8, 4) is 11.7 Å². The molecule has 0 saturated carbocycles. The fourth-order valence-electron chi connectivity index (χ4n) is 3.36. The molecule has 16 heteroatoms. The summed E-state index contributed by atoms with van der Waals surface area (Å²) in [5.41, 5.74) is 3.03. The van der Waals surface area contributed by atoms with Crippen LogP contribution in [-0.2, 0) is 9.57 Å². The molecule has 0 radical (unpaired) electrons. The van der Waals surface area contributed by atoms with Gasteiger partial charge in [0.2, 0.25) is 5.88 Å². The van der Waals surface area contributed by atoms with Crippen LogP contribution in [0.5, 0.6) is 5.88 Å². The van der Waals surface area contributed by atoms with Gasteiger partial charge in [0.05, 0.1) is 29.6 Å². The van der Waals surface area contributed by atoms with Crippen LogP contribution in [0, 0.1) is 6.92 Å². The summed E-state index contributed by atoms with van der Waals surface area (Å²) in [7, 11) is 3.74. The molecular formula is C24H24ClF2N7O6. The van der Waals surface area contributed by atoms with E-state index in [2.05, 4.69) is 30.7 Å². The van der Waals surface area contributed by atoms with Crippen LogP contribution in [0.3, 0.4) is 0 Å². The minimum atomic E-state index is -2.78. The Morgan fingerprint density at radius 3 is 2.62 bits per heavy atom. The topological polar surface area (TPSA) is 149 Å². The van der Waals surface area contributed by atoms with Gasteiger partial charge in [-0.2, -0.15) is 0 Å². The number of aromatic nitrogens is 3. The number of benzene rings is 1. The number of rotatable bonds is 9. The van der Waals surface area contributed by atoms with E-state index in [-0.39, 0.29) is 33.7 Å². The summed E-state index contributed by atoms with van der Waals surface area (Å²) in [6.45, 7) is 0.653. The Balaban J connectivity index is 2.06. The van der Waals surface area contributed by atoms with Gasteiger partial charge < -0.3 is 19.6 Å². The molecule has 0 bridgehead atoms. The summed E-state index contributed by atoms with van der Waals surface area (Å²) < 4.78 is 36.1. The monoisotopic (exact) mass is 579 g/mol. The van der Waals surface area contributed by atoms with Crippen LogP contribution >= 0.6 is 11.6 Å². The summed E-state index contributed by atoms with van der Waals surface area (Å²) in [5, 5.41) is 11.3. The quantitative estimate of drug-likeness (QED) is 0.289. The van der Waals surface area contributed by atoms with Gasteiger partial charge in [0.1, 0.15) is 12.8 Å². The predicted octanol–water partition coefficient (Wildman–Crippen LogP) is 3.45. The number of alkyl halides is 2. The molecule has 2 N–H and O–H groups in total. The Labute approximate surface area is 231 Å². The van der Waals surface area contributed by atoms with E-state index in [9.17, 15) is 23.2 Å². The fourth-order valence-corrected chi connectivity index (χ4v) is 3.56. The Kier molecular flexibility index (Phi) is 9.92. The van der Waals surface area contributed by atoms with E-state index >= 15 is 0 Å². The number of methoxy groups -OCH3 is 1. The third-order valence-corrected chi connectivity index (χ3v) is 5.38. The number of ether oxygens (including phenoxy) is 2. The smallest absolute Gasteiger partial charge is 0.428 e. The number of pyridine rings is 1. The summed E-state index contributed by atoms with van der Waals surface area (Å²) in [6.07, 6.45) is -0.896. The molecule has 2 heterocycles. The standard InChI is InChI=1S/C24H24ClF2N7O6/c1-13-8-14(11-29-39-4)9-15(22(35)32-33(2)24(37)38-3)20(13)30-23(36)17-10-19(40-12-18(26)27)31-34(17)21-16(25)6-5-7-28-21/h5-11,18H,12H2,1-4H3,(H,30,36)(H,32,35). The largest absolute Gasteiger partial charge is 0.471 e. The van der Waals surface area contributed by atoms with Gasteiger partial charge in [-0.1, -0.05) is 16.8 Å². The van der Waals surface area contributed by atoms with Gasteiger partial charge in [-0.15, -0.1) is 5.10 Å². The maximum Gasteiger partial charge on any atom is 0.428 e. The normalized spacial score (nSPS) is 10.9. The number of aryl methyl sites for hydroxylation is 1. The van der Waals surface area contributed by atoms with E-state index in [4.69, 9.17) is 21.2 Å². The molecule has 13 nitrogen and oxygen atoms in total. The molecule has 40 heavy (non-hydrogen) atoms. The van der Waals surface area contributed by atoms with Crippen LogP contribution < -0.4 is 15.5 Å². The Hall–Kier alpha value is -4.79. The number of hydrazine groups is 1. The summed E-state index contributed by atoms with van der Waals surface area (Å²) in [5.74, 6) is -1.84. The zero-order valence-corrected chi connectivity index (χ0v) is 22.4. The lowest BCUT2D eigenvalue weighted by molar-refractivity contribution is 0.0767. The highest BCUT2D eigenvalue weighted by Crippen LogP contribution is 2.26. The zero-order valence-electron chi connectivity index (χ0n) is 21.6. The summed E-state index contributed by atoms with van der Waals surface area (Å²) in [6, 6.07) is 7.19. The molecule has 0 saturated heterocycles. The van der Waals surface area contributed by atoms with Gasteiger partial charge in [0.25, 0.3) is 18.2 Å². The van der Waals surface area contributed by atoms with Crippen molar-refractivity contribution in [1.29, 1.82) is 0 Å². The van der Waals surface area contributed by atoms with Crippen LogP contribution in [0.1, 0.15) is 32.0 Å². The predicted molar refractivity (Wildman–Crippen MR) is 139 cm³/mol. The van der Waals surface area contributed by atoms with Crippen molar-refractivity contribution in [2.45, 2.75) is 13.3 Å². The first kappa shape index (κ1) is 29.8. The van der Waals surface area contributed by atoms with Gasteiger partial charge in [-0.25, -0.2) is 28.3 Å². The number of anilines is 1. The second kappa shape index (κ2) is 13.3. The van der Waals surface area contributed by atoms with Gasteiger partial charge in [0, 0.05) is 19.3 Å². The van der Waals surface area contributed by atoms with Crippen molar-refractivity contribution < 1.29 is 37.5 Å². The molecule has 0 fully saturated rings. The molecule has 212 valence electrons. The van der Waals surface area contributed by atoms with Crippen LogP contribution in [0.2, 0.25) is 5.02 Å². The Morgan fingerprint density at radius 1 is 1.23 bits per heavy atom. The molecule has 3 amide bonds. The maximum absolute atomic E-state index is 13.5. The van der Waals surface area contributed by atoms with Gasteiger partial charge in [-0.05, 0) is 42.3 Å². The number of carbonyl (C=O) groups excluding carboxylic acids is 3. The Bertz CT molecular complexity index is 1430. The second-order valence-electron chi connectivity index (χ2n) is 7.89. The van der Waals surface area contributed by atoms with E-state index in [1.807, 2.05) is 0 Å². The number of halogens is 3. The van der Waals surface area contributed by atoms with Crippen molar-refractivity contribution in [2.75, 3.05) is 33.2 Å². The molecular weight excluding hydrogens is 556 g/mol. The molecule has 3 aromatic rings. The maximum atomic E-state index is 13.5. The lowest BCUT2D eigenvalue weighted by Gasteiger charge is -2.19. The van der Waals surface area contributed by atoms with Gasteiger partial charge >= 0.3 is 6.09 Å². The van der Waals surface area contributed by atoms with Crippen molar-refractivity contribution in [3.63, 3.8) is 0 Å². The molecule has 3 rings (SSSR count). The highest BCUT2D eigenvalue weighted by Gasteiger charge is 2.25. The van der Waals surface area contributed by atoms with Crippen LogP contribution in [0.4, 0.5) is 19.3 Å². The average molecular weight is 580 g/mol. The van der Waals surface area contributed by atoms with Crippen LogP contribution in [-0.4, -0.2) is 78.2 Å². The Morgan fingerprint density at radius 2 is 1.98 bits per heavy atom. The lowest BCUT2D eigenvalue weighted by Crippen LogP contribution is -2.43. The minimum absolute atomic E-state index is 0.0294. The third kappa shape index (κ3) is 7.19. The first-order valence-electron chi connectivity index (χ1n) is 11.3. The number of amides is 3. The zero-order chi connectivity index (χ0) is 29.4. The molecule has 0 aliphatic heterocycles. The SMILES string of the molecule is CON=Cc1cc(C)c(NC(=O)c2cc(OCC(F)F)nn2-c2ncccc2Cl)c(C(=O)NN(C)C(=O)OC)c1. The molecule has 0 aliphatic carbocycles. The highest BCUT2D eigenvalue weighted by molar-refractivity contribution is 6.32. The molecule has 0 unspecified atom stereocenters. The van der Waals surface area contributed by atoms with Gasteiger partial charge in [0.15, 0.2) is 12.4 Å². The van der Waals surface area contributed by atoms with E-state index in [0.717, 1.165) is 22.9 Å². The first-order valence-corrected chi connectivity index (χ1v) is 11.7. The van der Waals surface area contributed by atoms with Crippen molar-refractivity contribution in [2.24, 2.45) is 5.16 Å². The third-order valence-electron chi connectivity index (χ3n) is 5.08. The van der Waals surface area contributed by atoms with E-state index < -0.39 is 30.9 Å². The van der Waals surface area contributed by atoms with Gasteiger partial charge in [-0.3, -0.25) is 15.0 Å². The van der Waals surface area contributed by atoms with Crippen molar-refractivity contribution >= 4 is 41.4 Å². The number of oxime groups is 1. The number of hydrogen-bond donors (Lipinski definition) is 2. The second-order valence-corrected chi connectivity index (χ2v) is 8.30. The van der Waals surface area contributed by atoms with Crippen LogP contribution in [0.15, 0.2) is 41.7 Å². The first-order chi connectivity index (χ1) is 19.0. The molecule has 2 aromatic heterocycles. The van der Waals surface area contributed by atoms with Crippen molar-refractivity contribution in [3.05, 3.63) is 63.9 Å². The number of hydrogen-bond acceptors (Lipinski definition) is 9. The van der Waals surface area contributed by atoms with E-state index in [1.165, 1.54) is 38.7 Å². The van der Waals surface area contributed by atoms with E-state index in [1.54, 1.807) is 19.1 Å².